The van der Waals surface area contributed by atoms with E-state index in [1.807, 2.05) is 13.8 Å². The summed E-state index contributed by atoms with van der Waals surface area (Å²) in [7, 11) is 0. The maximum atomic E-state index is 10.7. The van der Waals surface area contributed by atoms with Crippen LogP contribution < -0.4 is 10.1 Å². The molecule has 6 heteroatoms. The van der Waals surface area contributed by atoms with Crippen LogP contribution in [0.3, 0.4) is 0 Å². The van der Waals surface area contributed by atoms with Crippen molar-refractivity contribution < 1.29 is 9.53 Å². The van der Waals surface area contributed by atoms with Crippen molar-refractivity contribution in [3.05, 3.63) is 52.2 Å². The third-order valence-corrected chi connectivity index (χ3v) is 3.29. The zero-order valence-corrected chi connectivity index (χ0v) is 13.6. The fraction of sp³-hybridized carbons (Fsp3) is 0.235. The quantitative estimate of drug-likeness (QED) is 0.815. The van der Waals surface area contributed by atoms with Crippen LogP contribution >= 0.6 is 11.6 Å². The van der Waals surface area contributed by atoms with Crippen molar-refractivity contribution in [2.24, 2.45) is 0 Å². The van der Waals surface area contributed by atoms with Gasteiger partial charge in [-0.05, 0) is 38.1 Å². The number of anilines is 1. The summed E-state index contributed by atoms with van der Waals surface area (Å²) in [6.45, 7) is 4.27. The minimum atomic E-state index is 0.0234. The van der Waals surface area contributed by atoms with Gasteiger partial charge >= 0.3 is 0 Å². The van der Waals surface area contributed by atoms with E-state index in [2.05, 4.69) is 16.4 Å². The number of pyridine rings is 1. The number of rotatable bonds is 6. The van der Waals surface area contributed by atoms with E-state index in [0.29, 0.717) is 40.5 Å². The fourth-order valence-corrected chi connectivity index (χ4v) is 2.22. The number of nitriles is 1. The molecule has 2 rings (SSSR count). The molecule has 1 N–H and O–H groups in total. The van der Waals surface area contributed by atoms with Crippen molar-refractivity contribution in [1.29, 1.82) is 5.26 Å². The Kier molecular flexibility index (Phi) is 5.56. The van der Waals surface area contributed by atoms with Crippen molar-refractivity contribution in [2.45, 2.75) is 26.5 Å². The number of nitrogens with zero attached hydrogens (tertiary/aromatic N) is 2. The number of hydrogen-bond acceptors (Lipinski definition) is 5. The number of carbonyl (C=O) groups is 1. The first-order chi connectivity index (χ1) is 11.0. The van der Waals surface area contributed by atoms with Gasteiger partial charge in [0, 0.05) is 23.9 Å². The number of carbonyl (C=O) groups excluding carboxylic acids is 1. The molecule has 118 valence electrons. The molecule has 1 aromatic carbocycles. The van der Waals surface area contributed by atoms with Gasteiger partial charge in [-0.15, -0.1) is 0 Å². The van der Waals surface area contributed by atoms with Crippen LogP contribution in [0.25, 0.3) is 0 Å². The largest absolute Gasteiger partial charge is 0.491 e. The van der Waals surface area contributed by atoms with Crippen molar-refractivity contribution in [3.8, 4) is 11.8 Å². The molecule has 0 amide bonds. The van der Waals surface area contributed by atoms with Crippen molar-refractivity contribution >= 4 is 23.7 Å². The molecule has 0 atom stereocenters. The van der Waals surface area contributed by atoms with Crippen molar-refractivity contribution in [1.82, 2.24) is 4.98 Å². The zero-order chi connectivity index (χ0) is 16.8. The lowest BCUT2D eigenvalue weighted by molar-refractivity contribution is 0.112. The number of aromatic nitrogens is 1. The Hall–Kier alpha value is -2.58. The molecule has 0 aliphatic carbocycles. The van der Waals surface area contributed by atoms with Gasteiger partial charge in [0.1, 0.15) is 11.6 Å². The Morgan fingerprint density at radius 2 is 2.22 bits per heavy atom. The summed E-state index contributed by atoms with van der Waals surface area (Å²) in [5.74, 6) is 1.17. The third kappa shape index (κ3) is 4.44. The van der Waals surface area contributed by atoms with Crippen LogP contribution in [-0.4, -0.2) is 17.4 Å². The topological polar surface area (TPSA) is 75.0 Å². The first kappa shape index (κ1) is 16.8. The van der Waals surface area contributed by atoms with Crippen LogP contribution in [0, 0.1) is 11.3 Å². The zero-order valence-electron chi connectivity index (χ0n) is 12.8. The summed E-state index contributed by atoms with van der Waals surface area (Å²) in [6.07, 6.45) is 2.15. The predicted octanol–water partition coefficient (Wildman–Crippen LogP) is 3.82. The lowest BCUT2D eigenvalue weighted by Crippen LogP contribution is -2.10. The molecule has 0 aliphatic rings. The highest BCUT2D eigenvalue weighted by Crippen LogP contribution is 2.25. The van der Waals surface area contributed by atoms with E-state index in [1.165, 1.54) is 6.20 Å². The van der Waals surface area contributed by atoms with E-state index >= 15 is 0 Å². The van der Waals surface area contributed by atoms with Crippen molar-refractivity contribution in [3.63, 3.8) is 0 Å². The summed E-state index contributed by atoms with van der Waals surface area (Å²) in [5, 5.41) is 12.5. The molecule has 0 aliphatic heterocycles. The van der Waals surface area contributed by atoms with Crippen molar-refractivity contribution in [2.75, 3.05) is 5.32 Å². The summed E-state index contributed by atoms with van der Waals surface area (Å²) in [5.41, 5.74) is 1.79. The highest BCUT2D eigenvalue weighted by Gasteiger charge is 2.09. The molecule has 1 aromatic heterocycles. The van der Waals surface area contributed by atoms with Gasteiger partial charge in [0.25, 0.3) is 0 Å². The average molecular weight is 330 g/mol. The molecule has 0 spiro atoms. The van der Waals surface area contributed by atoms with E-state index in [-0.39, 0.29) is 6.10 Å². The van der Waals surface area contributed by atoms with Crippen LogP contribution in [0.1, 0.15) is 35.3 Å². The Balaban J connectivity index is 2.22. The Bertz CT molecular complexity index is 754. The lowest BCUT2D eigenvalue weighted by Gasteiger charge is -2.15. The minimum absolute atomic E-state index is 0.0234. The fourth-order valence-electron chi connectivity index (χ4n) is 1.98. The van der Waals surface area contributed by atoms with Gasteiger partial charge in [-0.1, -0.05) is 11.6 Å². The molecule has 1 heterocycles. The molecule has 0 fully saturated rings. The summed E-state index contributed by atoms with van der Waals surface area (Å²) in [4.78, 5) is 14.8. The molecule has 0 saturated carbocycles. The van der Waals surface area contributed by atoms with Crippen LogP contribution in [0.5, 0.6) is 5.75 Å². The molecule has 23 heavy (non-hydrogen) atoms. The summed E-state index contributed by atoms with van der Waals surface area (Å²) in [6, 6.07) is 8.91. The molecular weight excluding hydrogens is 314 g/mol. The Morgan fingerprint density at radius 1 is 1.43 bits per heavy atom. The normalized spacial score (nSPS) is 10.2. The van der Waals surface area contributed by atoms with Crippen LogP contribution in [0.15, 0.2) is 30.5 Å². The van der Waals surface area contributed by atoms with Crippen LogP contribution in [-0.2, 0) is 6.54 Å². The second kappa shape index (κ2) is 7.61. The molecule has 5 nitrogen and oxygen atoms in total. The molecule has 0 unspecified atom stereocenters. The Morgan fingerprint density at radius 3 is 2.83 bits per heavy atom. The molecule has 0 saturated heterocycles. The average Bonchev–Trinajstić information content (AvgIpc) is 2.54. The standard InChI is InChI=1S/C17H16ClN3O2/c1-11(2)23-16-4-3-12(7-19)5-14(16)9-21-17-15(18)6-13(10-22)8-20-17/h3-6,8,10-11H,9H2,1-2H3,(H,20,21). The van der Waals surface area contributed by atoms with E-state index in [0.717, 1.165) is 5.56 Å². The molecule has 0 radical (unpaired) electrons. The third-order valence-electron chi connectivity index (χ3n) is 3.00. The van der Waals surface area contributed by atoms with Gasteiger partial charge in [0.05, 0.1) is 22.8 Å². The van der Waals surface area contributed by atoms with E-state index in [1.54, 1.807) is 24.3 Å². The van der Waals surface area contributed by atoms with Gasteiger partial charge in [-0.3, -0.25) is 4.79 Å². The van der Waals surface area contributed by atoms with Gasteiger partial charge in [0.2, 0.25) is 0 Å². The Labute approximate surface area is 139 Å². The maximum Gasteiger partial charge on any atom is 0.151 e. The van der Waals surface area contributed by atoms with E-state index < -0.39 is 0 Å². The van der Waals surface area contributed by atoms with Gasteiger partial charge in [0.15, 0.2) is 6.29 Å². The second-order valence-corrected chi connectivity index (χ2v) is 5.58. The summed E-state index contributed by atoms with van der Waals surface area (Å²) >= 11 is 6.09. The van der Waals surface area contributed by atoms with Gasteiger partial charge in [-0.2, -0.15) is 5.26 Å². The number of nitrogens with one attached hydrogen (secondary N) is 1. The number of halogens is 1. The van der Waals surface area contributed by atoms with Gasteiger partial charge < -0.3 is 10.1 Å². The van der Waals surface area contributed by atoms with E-state index in [4.69, 9.17) is 21.6 Å². The molecule has 0 bridgehead atoms. The first-order valence-corrected chi connectivity index (χ1v) is 7.45. The predicted molar refractivity (Wildman–Crippen MR) is 88.9 cm³/mol. The van der Waals surface area contributed by atoms with E-state index in [9.17, 15) is 4.79 Å². The SMILES string of the molecule is CC(C)Oc1ccc(C#N)cc1CNc1ncc(C=O)cc1Cl. The molecule has 2 aromatic rings. The lowest BCUT2D eigenvalue weighted by atomic mass is 10.1. The number of ether oxygens (including phenoxy) is 1. The monoisotopic (exact) mass is 329 g/mol. The first-order valence-electron chi connectivity index (χ1n) is 7.07. The maximum absolute atomic E-state index is 10.7. The summed E-state index contributed by atoms with van der Waals surface area (Å²) < 4.78 is 5.75. The van der Waals surface area contributed by atoms with Crippen LogP contribution in [0.4, 0.5) is 5.82 Å². The second-order valence-electron chi connectivity index (χ2n) is 5.17. The van der Waals surface area contributed by atoms with Gasteiger partial charge in [-0.25, -0.2) is 4.98 Å². The number of aldehydes is 1. The highest BCUT2D eigenvalue weighted by atomic mass is 35.5. The highest BCUT2D eigenvalue weighted by molar-refractivity contribution is 6.33. The smallest absolute Gasteiger partial charge is 0.151 e. The number of hydrogen-bond donors (Lipinski definition) is 1. The van der Waals surface area contributed by atoms with Crippen LogP contribution in [0.2, 0.25) is 5.02 Å². The number of benzene rings is 1. The molecular formula is C17H16ClN3O2. The minimum Gasteiger partial charge on any atom is -0.491 e.